The molecule has 2 aromatic rings. The quantitative estimate of drug-likeness (QED) is 0.851. The van der Waals surface area contributed by atoms with Gasteiger partial charge in [-0.2, -0.15) is 0 Å². The zero-order valence-electron chi connectivity index (χ0n) is 12.1. The van der Waals surface area contributed by atoms with Crippen LogP contribution < -0.4 is 10.6 Å². The summed E-state index contributed by atoms with van der Waals surface area (Å²) in [6, 6.07) is 5.31. The van der Waals surface area contributed by atoms with Crippen LogP contribution in [0, 0.1) is 0 Å². The highest BCUT2D eigenvalue weighted by atomic mass is 16.3. The molecular formula is C16H16N2O4. The molecule has 3 amide bonds. The molecule has 1 aromatic carbocycles. The Morgan fingerprint density at radius 2 is 2.23 bits per heavy atom. The van der Waals surface area contributed by atoms with E-state index in [1.165, 1.54) is 0 Å². The summed E-state index contributed by atoms with van der Waals surface area (Å²) in [5.41, 5.74) is 2.05. The van der Waals surface area contributed by atoms with Gasteiger partial charge in [0, 0.05) is 29.5 Å². The van der Waals surface area contributed by atoms with Gasteiger partial charge in [0.05, 0.1) is 12.2 Å². The fourth-order valence-electron chi connectivity index (χ4n) is 2.64. The van der Waals surface area contributed by atoms with Crippen LogP contribution in [0.5, 0.6) is 0 Å². The van der Waals surface area contributed by atoms with Crippen LogP contribution in [0.15, 0.2) is 28.9 Å². The van der Waals surface area contributed by atoms with E-state index in [9.17, 15) is 14.4 Å². The third kappa shape index (κ3) is 2.59. The van der Waals surface area contributed by atoms with Gasteiger partial charge in [-0.15, -0.1) is 0 Å². The maximum absolute atomic E-state index is 12.0. The topological polar surface area (TPSA) is 88.4 Å². The standard InChI is InChI=1S/C16H16N2O4/c1-2-14(19)17-9-3-5-13-11(7-9)12(8-22-13)10-4-6-15(20)18-16(10)21/h3,5,7-8,10H,2,4,6H2,1H3,(H,17,19)(H,18,20,21). The van der Waals surface area contributed by atoms with Crippen molar-refractivity contribution in [3.05, 3.63) is 30.0 Å². The molecule has 0 spiro atoms. The molecule has 1 aromatic heterocycles. The van der Waals surface area contributed by atoms with Crippen molar-refractivity contribution < 1.29 is 18.8 Å². The highest BCUT2D eigenvalue weighted by Crippen LogP contribution is 2.33. The maximum Gasteiger partial charge on any atom is 0.234 e. The Morgan fingerprint density at radius 1 is 1.41 bits per heavy atom. The SMILES string of the molecule is CCC(=O)Nc1ccc2occ(C3CCC(=O)NC3=O)c2c1. The molecule has 114 valence electrons. The van der Waals surface area contributed by atoms with Crippen molar-refractivity contribution in [2.45, 2.75) is 32.1 Å². The fourth-order valence-corrected chi connectivity index (χ4v) is 2.64. The first-order valence-electron chi connectivity index (χ1n) is 7.23. The Bertz CT molecular complexity index is 763. The van der Waals surface area contributed by atoms with Crippen LogP contribution in [-0.2, 0) is 14.4 Å². The molecule has 0 bridgehead atoms. The van der Waals surface area contributed by atoms with Gasteiger partial charge in [-0.1, -0.05) is 6.92 Å². The van der Waals surface area contributed by atoms with Crippen molar-refractivity contribution in [2.75, 3.05) is 5.32 Å². The van der Waals surface area contributed by atoms with Crippen LogP contribution in [0.4, 0.5) is 5.69 Å². The lowest BCUT2D eigenvalue weighted by atomic mass is 9.90. The van der Waals surface area contributed by atoms with Gasteiger partial charge in [0.1, 0.15) is 5.58 Å². The number of fused-ring (bicyclic) bond motifs is 1. The van der Waals surface area contributed by atoms with Crippen LogP contribution in [0.3, 0.4) is 0 Å². The highest BCUT2D eigenvalue weighted by Gasteiger charge is 2.30. The monoisotopic (exact) mass is 300 g/mol. The summed E-state index contributed by atoms with van der Waals surface area (Å²) in [6.45, 7) is 1.78. The summed E-state index contributed by atoms with van der Waals surface area (Å²) in [4.78, 5) is 34.8. The second-order valence-corrected chi connectivity index (χ2v) is 5.31. The molecule has 2 heterocycles. The minimum absolute atomic E-state index is 0.0783. The summed E-state index contributed by atoms with van der Waals surface area (Å²) in [6.07, 6.45) is 2.72. The number of hydrogen-bond donors (Lipinski definition) is 2. The van der Waals surface area contributed by atoms with E-state index in [2.05, 4.69) is 10.6 Å². The number of hydrogen-bond acceptors (Lipinski definition) is 4. The van der Waals surface area contributed by atoms with Crippen molar-refractivity contribution in [1.29, 1.82) is 0 Å². The first-order chi connectivity index (χ1) is 10.6. The number of benzene rings is 1. The molecule has 0 saturated carbocycles. The molecule has 22 heavy (non-hydrogen) atoms. The van der Waals surface area contributed by atoms with Gasteiger partial charge in [-0.3, -0.25) is 19.7 Å². The Hall–Kier alpha value is -2.63. The van der Waals surface area contributed by atoms with Gasteiger partial charge in [0.15, 0.2) is 0 Å². The van der Waals surface area contributed by atoms with Gasteiger partial charge in [0.2, 0.25) is 17.7 Å². The molecular weight excluding hydrogens is 284 g/mol. The second kappa shape index (κ2) is 5.63. The van der Waals surface area contributed by atoms with Gasteiger partial charge in [-0.25, -0.2) is 0 Å². The number of piperidine rings is 1. The van der Waals surface area contributed by atoms with Gasteiger partial charge >= 0.3 is 0 Å². The van der Waals surface area contributed by atoms with Crippen LogP contribution in [0.1, 0.15) is 37.7 Å². The average molecular weight is 300 g/mol. The van der Waals surface area contributed by atoms with E-state index >= 15 is 0 Å². The first kappa shape index (κ1) is 14.3. The van der Waals surface area contributed by atoms with Crippen LogP contribution >= 0.6 is 0 Å². The molecule has 1 aliphatic heterocycles. The van der Waals surface area contributed by atoms with E-state index in [4.69, 9.17) is 4.42 Å². The Balaban J connectivity index is 1.96. The van der Waals surface area contributed by atoms with E-state index < -0.39 is 5.92 Å². The molecule has 1 saturated heterocycles. The molecule has 1 aliphatic rings. The normalized spacial score (nSPS) is 18.3. The third-order valence-electron chi connectivity index (χ3n) is 3.82. The molecule has 1 unspecified atom stereocenters. The van der Waals surface area contributed by atoms with Gasteiger partial charge < -0.3 is 9.73 Å². The van der Waals surface area contributed by atoms with E-state index in [1.54, 1.807) is 31.4 Å². The van der Waals surface area contributed by atoms with Crippen LogP contribution in [0.25, 0.3) is 11.0 Å². The second-order valence-electron chi connectivity index (χ2n) is 5.31. The maximum atomic E-state index is 12.0. The van der Waals surface area contributed by atoms with Crippen molar-refractivity contribution in [2.24, 2.45) is 0 Å². The summed E-state index contributed by atoms with van der Waals surface area (Å²) in [5, 5.41) is 5.92. The number of carbonyl (C=O) groups is 3. The van der Waals surface area contributed by atoms with E-state index in [-0.39, 0.29) is 17.7 Å². The number of carbonyl (C=O) groups excluding carboxylic acids is 3. The summed E-state index contributed by atoms with van der Waals surface area (Å²) in [7, 11) is 0. The number of nitrogens with one attached hydrogen (secondary N) is 2. The summed E-state index contributed by atoms with van der Waals surface area (Å²) < 4.78 is 5.49. The van der Waals surface area contributed by atoms with Crippen LogP contribution in [0.2, 0.25) is 0 Å². The zero-order chi connectivity index (χ0) is 15.7. The van der Waals surface area contributed by atoms with Gasteiger partial charge in [-0.05, 0) is 24.6 Å². The number of anilines is 1. The smallest absolute Gasteiger partial charge is 0.234 e. The molecule has 6 nitrogen and oxygen atoms in total. The van der Waals surface area contributed by atoms with E-state index in [0.717, 1.165) is 10.9 Å². The molecule has 0 radical (unpaired) electrons. The largest absolute Gasteiger partial charge is 0.464 e. The van der Waals surface area contributed by atoms with Crippen LogP contribution in [-0.4, -0.2) is 17.7 Å². The molecule has 1 fully saturated rings. The lowest BCUT2D eigenvalue weighted by molar-refractivity contribution is -0.134. The third-order valence-corrected chi connectivity index (χ3v) is 3.82. The molecule has 2 N–H and O–H groups in total. The Kier molecular flexibility index (Phi) is 3.66. The number of imide groups is 1. The number of rotatable bonds is 3. The van der Waals surface area contributed by atoms with Crippen molar-refractivity contribution in [3.8, 4) is 0 Å². The van der Waals surface area contributed by atoms with E-state index in [0.29, 0.717) is 30.5 Å². The summed E-state index contributed by atoms with van der Waals surface area (Å²) in [5.74, 6) is -1.03. The predicted octanol–water partition coefficient (Wildman–Crippen LogP) is 2.30. The minimum Gasteiger partial charge on any atom is -0.464 e. The highest BCUT2D eigenvalue weighted by molar-refractivity contribution is 6.03. The Labute approximate surface area is 126 Å². The lowest BCUT2D eigenvalue weighted by Gasteiger charge is -2.19. The lowest BCUT2D eigenvalue weighted by Crippen LogP contribution is -2.39. The molecule has 6 heteroatoms. The Morgan fingerprint density at radius 3 is 2.95 bits per heavy atom. The molecule has 0 aliphatic carbocycles. The summed E-state index contributed by atoms with van der Waals surface area (Å²) >= 11 is 0. The van der Waals surface area contributed by atoms with Crippen molar-refractivity contribution in [1.82, 2.24) is 5.32 Å². The van der Waals surface area contributed by atoms with Crippen molar-refractivity contribution >= 4 is 34.4 Å². The molecule has 3 rings (SSSR count). The average Bonchev–Trinajstić information content (AvgIpc) is 2.90. The van der Waals surface area contributed by atoms with Gasteiger partial charge in [0.25, 0.3) is 0 Å². The van der Waals surface area contributed by atoms with Crippen molar-refractivity contribution in [3.63, 3.8) is 0 Å². The minimum atomic E-state index is -0.406. The number of furan rings is 1. The first-order valence-corrected chi connectivity index (χ1v) is 7.23. The fraction of sp³-hybridized carbons (Fsp3) is 0.312. The molecule has 1 atom stereocenters. The zero-order valence-corrected chi connectivity index (χ0v) is 12.1. The van der Waals surface area contributed by atoms with E-state index in [1.807, 2.05) is 0 Å². The predicted molar refractivity (Wildman–Crippen MR) is 80.3 cm³/mol. The number of amides is 3.